The summed E-state index contributed by atoms with van der Waals surface area (Å²) in [7, 11) is 0. The minimum absolute atomic E-state index is 0.107. The second-order valence-electron chi connectivity index (χ2n) is 6.48. The Labute approximate surface area is 139 Å². The van der Waals surface area contributed by atoms with Crippen molar-refractivity contribution < 1.29 is 0 Å². The molecule has 1 aliphatic rings. The van der Waals surface area contributed by atoms with Gasteiger partial charge in [0.1, 0.15) is 0 Å². The van der Waals surface area contributed by atoms with Gasteiger partial charge in [0.2, 0.25) is 0 Å². The summed E-state index contributed by atoms with van der Waals surface area (Å²) in [5.74, 6) is 0. The number of rotatable bonds is 2. The van der Waals surface area contributed by atoms with Crippen LogP contribution in [0, 0.1) is 5.41 Å². The fourth-order valence-electron chi connectivity index (χ4n) is 2.95. The van der Waals surface area contributed by atoms with E-state index in [2.05, 4.69) is 13.8 Å². The summed E-state index contributed by atoms with van der Waals surface area (Å²) >= 11 is 13.9. The van der Waals surface area contributed by atoms with E-state index in [-0.39, 0.29) is 11.5 Å². The molecule has 0 saturated carbocycles. The summed E-state index contributed by atoms with van der Waals surface area (Å²) in [6.07, 6.45) is 2.75. The number of hydrogen-bond donors (Lipinski definition) is 1. The van der Waals surface area contributed by atoms with Crippen LogP contribution in [0.2, 0.25) is 10.0 Å². The van der Waals surface area contributed by atoms with E-state index in [1.54, 1.807) is 17.4 Å². The van der Waals surface area contributed by atoms with Crippen molar-refractivity contribution in [3.63, 3.8) is 0 Å². The Balaban J connectivity index is 1.88. The van der Waals surface area contributed by atoms with Crippen molar-refractivity contribution >= 4 is 34.5 Å². The van der Waals surface area contributed by atoms with Crippen LogP contribution in [0.1, 0.15) is 47.5 Å². The average Bonchev–Trinajstić information content (AvgIpc) is 2.74. The van der Waals surface area contributed by atoms with Gasteiger partial charge in [-0.2, -0.15) is 0 Å². The number of halogens is 2. The van der Waals surface area contributed by atoms with Gasteiger partial charge in [0.25, 0.3) is 0 Å². The number of fused-ring (bicyclic) bond motifs is 1. The second-order valence-corrected chi connectivity index (χ2v) is 8.44. The molecule has 2 nitrogen and oxygen atoms in total. The molecular weight excluding hydrogens is 323 g/mol. The predicted molar refractivity (Wildman–Crippen MR) is 90.4 cm³/mol. The van der Waals surface area contributed by atoms with E-state index in [9.17, 15) is 0 Å². The average molecular weight is 341 g/mol. The van der Waals surface area contributed by atoms with Gasteiger partial charge in [0.05, 0.1) is 10.7 Å². The fraction of sp³-hybridized carbons (Fsp3) is 0.438. The van der Waals surface area contributed by atoms with E-state index in [1.807, 2.05) is 12.1 Å². The van der Waals surface area contributed by atoms with Gasteiger partial charge in [-0.25, -0.2) is 4.98 Å². The quantitative estimate of drug-likeness (QED) is 0.834. The lowest BCUT2D eigenvalue weighted by atomic mass is 9.77. The first kappa shape index (κ1) is 15.3. The Bertz CT molecular complexity index is 679. The van der Waals surface area contributed by atoms with E-state index >= 15 is 0 Å². The minimum atomic E-state index is 0.107. The largest absolute Gasteiger partial charge is 0.323 e. The lowest BCUT2D eigenvalue weighted by Gasteiger charge is -2.32. The molecule has 21 heavy (non-hydrogen) atoms. The molecule has 1 aromatic heterocycles. The number of thiazole rings is 1. The van der Waals surface area contributed by atoms with Gasteiger partial charge in [-0.15, -0.1) is 11.3 Å². The van der Waals surface area contributed by atoms with Crippen molar-refractivity contribution in [2.45, 2.75) is 39.2 Å². The molecule has 112 valence electrons. The van der Waals surface area contributed by atoms with Crippen molar-refractivity contribution in [2.24, 2.45) is 11.1 Å². The monoisotopic (exact) mass is 340 g/mol. The number of benzene rings is 1. The maximum atomic E-state index is 6.31. The van der Waals surface area contributed by atoms with Gasteiger partial charge in [0.15, 0.2) is 0 Å². The van der Waals surface area contributed by atoms with E-state index < -0.39 is 0 Å². The molecule has 1 aliphatic carbocycles. The summed E-state index contributed by atoms with van der Waals surface area (Å²) in [6.45, 7) is 4.51. The highest BCUT2D eigenvalue weighted by Gasteiger charge is 2.33. The first-order chi connectivity index (χ1) is 9.84. The Hall–Kier alpha value is -0.610. The Kier molecular flexibility index (Phi) is 4.04. The smallest absolute Gasteiger partial charge is 0.0976 e. The third kappa shape index (κ3) is 3.26. The van der Waals surface area contributed by atoms with Gasteiger partial charge in [0, 0.05) is 27.4 Å². The lowest BCUT2D eigenvalue weighted by Crippen LogP contribution is -2.28. The zero-order valence-corrected chi connectivity index (χ0v) is 14.4. The molecular formula is C16H18Cl2N2S. The second kappa shape index (κ2) is 5.54. The summed E-state index contributed by atoms with van der Waals surface area (Å²) in [6, 6.07) is 5.72. The molecule has 0 spiro atoms. The molecule has 0 aliphatic heterocycles. The summed E-state index contributed by atoms with van der Waals surface area (Å²) in [5.41, 5.74) is 8.76. The Morgan fingerprint density at radius 3 is 2.86 bits per heavy atom. The third-order valence-electron chi connectivity index (χ3n) is 3.88. The van der Waals surface area contributed by atoms with E-state index in [1.165, 1.54) is 10.6 Å². The lowest BCUT2D eigenvalue weighted by molar-refractivity contribution is 0.282. The van der Waals surface area contributed by atoms with Gasteiger partial charge >= 0.3 is 0 Å². The number of hydrogen-bond acceptors (Lipinski definition) is 3. The molecule has 2 aromatic rings. The SMILES string of the molecule is CC1(C)Cc2nc(Cc3ccc(Cl)cc3Cl)sc2C(N)C1. The molecule has 0 radical (unpaired) electrons. The topological polar surface area (TPSA) is 38.9 Å². The van der Waals surface area contributed by atoms with Gasteiger partial charge in [-0.1, -0.05) is 43.1 Å². The minimum Gasteiger partial charge on any atom is -0.323 e. The number of nitrogens with two attached hydrogens (primary N) is 1. The zero-order valence-electron chi connectivity index (χ0n) is 12.1. The number of nitrogens with zero attached hydrogens (tertiary/aromatic N) is 1. The third-order valence-corrected chi connectivity index (χ3v) is 5.70. The molecule has 3 rings (SSSR count). The predicted octanol–water partition coefficient (Wildman–Crippen LogP) is 5.01. The molecule has 1 heterocycles. The maximum absolute atomic E-state index is 6.31. The van der Waals surface area contributed by atoms with Crippen LogP contribution in [-0.4, -0.2) is 4.98 Å². The van der Waals surface area contributed by atoms with E-state index in [0.29, 0.717) is 10.0 Å². The molecule has 5 heteroatoms. The van der Waals surface area contributed by atoms with E-state index in [0.717, 1.165) is 29.8 Å². The van der Waals surface area contributed by atoms with Gasteiger partial charge in [-0.05, 0) is 36.0 Å². The Morgan fingerprint density at radius 1 is 1.38 bits per heavy atom. The summed E-state index contributed by atoms with van der Waals surface area (Å²) in [5, 5.41) is 2.43. The molecule has 1 atom stereocenters. The van der Waals surface area contributed by atoms with Crippen LogP contribution >= 0.6 is 34.5 Å². The van der Waals surface area contributed by atoms with Crippen LogP contribution < -0.4 is 5.73 Å². The van der Waals surface area contributed by atoms with Gasteiger partial charge in [-0.3, -0.25) is 0 Å². The highest BCUT2D eigenvalue weighted by atomic mass is 35.5. The highest BCUT2D eigenvalue weighted by Crippen LogP contribution is 2.42. The standard InChI is InChI=1S/C16H18Cl2N2S/c1-16(2)7-12(19)15-13(8-16)20-14(21-15)5-9-3-4-10(17)6-11(9)18/h3-4,6,12H,5,7-8,19H2,1-2H3. The van der Waals surface area contributed by atoms with Crippen LogP contribution in [-0.2, 0) is 12.8 Å². The zero-order chi connectivity index (χ0) is 15.2. The first-order valence-corrected chi connectivity index (χ1v) is 8.59. The van der Waals surface area contributed by atoms with Crippen LogP contribution in [0.15, 0.2) is 18.2 Å². The normalized spacial score (nSPS) is 20.3. The van der Waals surface area contributed by atoms with Crippen LogP contribution in [0.4, 0.5) is 0 Å². The molecule has 0 saturated heterocycles. The van der Waals surface area contributed by atoms with Crippen LogP contribution in [0.25, 0.3) is 0 Å². The van der Waals surface area contributed by atoms with Gasteiger partial charge < -0.3 is 5.73 Å². The molecule has 0 amide bonds. The number of aromatic nitrogens is 1. The summed E-state index contributed by atoms with van der Waals surface area (Å²) in [4.78, 5) is 6.05. The van der Waals surface area contributed by atoms with Crippen molar-refractivity contribution in [3.8, 4) is 0 Å². The molecule has 1 unspecified atom stereocenters. The van der Waals surface area contributed by atoms with Crippen molar-refractivity contribution in [1.82, 2.24) is 4.98 Å². The fourth-order valence-corrected chi connectivity index (χ4v) is 4.53. The summed E-state index contributed by atoms with van der Waals surface area (Å²) < 4.78 is 0. The van der Waals surface area contributed by atoms with Crippen LogP contribution in [0.5, 0.6) is 0 Å². The molecule has 1 aromatic carbocycles. The van der Waals surface area contributed by atoms with Crippen molar-refractivity contribution in [2.75, 3.05) is 0 Å². The first-order valence-electron chi connectivity index (χ1n) is 7.02. The maximum Gasteiger partial charge on any atom is 0.0976 e. The molecule has 0 fully saturated rings. The van der Waals surface area contributed by atoms with E-state index in [4.69, 9.17) is 33.9 Å². The van der Waals surface area contributed by atoms with Crippen molar-refractivity contribution in [3.05, 3.63) is 49.4 Å². The molecule has 0 bridgehead atoms. The highest BCUT2D eigenvalue weighted by molar-refractivity contribution is 7.11. The van der Waals surface area contributed by atoms with Crippen LogP contribution in [0.3, 0.4) is 0 Å². The molecule has 2 N–H and O–H groups in total. The Morgan fingerprint density at radius 2 is 2.14 bits per heavy atom. The van der Waals surface area contributed by atoms with Crippen molar-refractivity contribution in [1.29, 1.82) is 0 Å².